The van der Waals surface area contributed by atoms with Crippen LogP contribution in [0.4, 0.5) is 5.69 Å². The Labute approximate surface area is 144 Å². The van der Waals surface area contributed by atoms with Crippen molar-refractivity contribution in [3.05, 3.63) is 41.2 Å². The number of anilines is 1. The van der Waals surface area contributed by atoms with E-state index in [1.54, 1.807) is 0 Å². The number of nitrogens with one attached hydrogen (secondary N) is 1. The molecule has 0 saturated carbocycles. The van der Waals surface area contributed by atoms with Gasteiger partial charge in [-0.25, -0.2) is 4.98 Å². The molecule has 0 radical (unpaired) electrons. The van der Waals surface area contributed by atoms with Crippen molar-refractivity contribution >= 4 is 29.3 Å². The molecule has 4 N–H and O–H groups in total. The predicted octanol–water partition coefficient (Wildman–Crippen LogP) is 1.21. The first-order valence-corrected chi connectivity index (χ1v) is 8.32. The molecule has 0 atom stereocenters. The number of primary amides is 1. The number of carbonyl (C=O) groups is 2. The van der Waals surface area contributed by atoms with Gasteiger partial charge >= 0.3 is 0 Å². The monoisotopic (exact) mass is 348 g/mol. The standard InChI is InChI=1S/C16H20N4O3S/c1-10-3-4-11(2)13(5-10)19-15(23)9-24-16-18-6-12(8-21)20(16)7-14(17)22/h3-6,21H,7-9H2,1-2H3,(H2,17,22)(H,19,23). The molecule has 128 valence electrons. The number of amides is 2. The molecular formula is C16H20N4O3S. The zero-order valence-electron chi connectivity index (χ0n) is 13.6. The van der Waals surface area contributed by atoms with E-state index in [1.165, 1.54) is 22.5 Å². The Morgan fingerprint density at radius 1 is 1.38 bits per heavy atom. The zero-order valence-corrected chi connectivity index (χ0v) is 14.4. The van der Waals surface area contributed by atoms with Crippen molar-refractivity contribution in [3.63, 3.8) is 0 Å². The Kier molecular flexibility index (Phi) is 5.99. The SMILES string of the molecule is Cc1ccc(C)c(NC(=O)CSc2ncc(CO)n2CC(N)=O)c1. The van der Waals surface area contributed by atoms with E-state index in [0.29, 0.717) is 10.9 Å². The van der Waals surface area contributed by atoms with E-state index in [4.69, 9.17) is 5.73 Å². The van der Waals surface area contributed by atoms with E-state index in [1.807, 2.05) is 32.0 Å². The number of thioether (sulfide) groups is 1. The first-order chi connectivity index (χ1) is 11.4. The third kappa shape index (κ3) is 4.59. The number of hydrogen-bond donors (Lipinski definition) is 3. The minimum absolute atomic E-state index is 0.0865. The smallest absolute Gasteiger partial charge is 0.237 e. The summed E-state index contributed by atoms with van der Waals surface area (Å²) in [7, 11) is 0. The second-order valence-corrected chi connectivity index (χ2v) is 6.34. The Morgan fingerprint density at radius 2 is 2.12 bits per heavy atom. The molecule has 0 unspecified atom stereocenters. The lowest BCUT2D eigenvalue weighted by atomic mass is 10.1. The second-order valence-electron chi connectivity index (χ2n) is 5.40. The summed E-state index contributed by atoms with van der Waals surface area (Å²) < 4.78 is 1.51. The average molecular weight is 348 g/mol. The van der Waals surface area contributed by atoms with Crippen molar-refractivity contribution in [3.8, 4) is 0 Å². The van der Waals surface area contributed by atoms with Crippen molar-refractivity contribution < 1.29 is 14.7 Å². The van der Waals surface area contributed by atoms with Gasteiger partial charge in [0.2, 0.25) is 11.8 Å². The molecule has 2 amide bonds. The molecule has 24 heavy (non-hydrogen) atoms. The molecule has 0 bridgehead atoms. The van der Waals surface area contributed by atoms with Gasteiger partial charge in [0.15, 0.2) is 5.16 Å². The Bertz CT molecular complexity index is 758. The number of aryl methyl sites for hydroxylation is 2. The van der Waals surface area contributed by atoms with Gasteiger partial charge in [-0.1, -0.05) is 23.9 Å². The fourth-order valence-corrected chi connectivity index (χ4v) is 2.94. The van der Waals surface area contributed by atoms with Gasteiger partial charge in [0.05, 0.1) is 24.3 Å². The van der Waals surface area contributed by atoms with Gasteiger partial charge in [-0.15, -0.1) is 0 Å². The van der Waals surface area contributed by atoms with Gasteiger partial charge in [0, 0.05) is 5.69 Å². The van der Waals surface area contributed by atoms with Crippen molar-refractivity contribution in [2.75, 3.05) is 11.1 Å². The van der Waals surface area contributed by atoms with Crippen LogP contribution in [0.5, 0.6) is 0 Å². The molecule has 0 aliphatic carbocycles. The molecule has 0 aliphatic rings. The summed E-state index contributed by atoms with van der Waals surface area (Å²) in [5, 5.41) is 12.6. The topological polar surface area (TPSA) is 110 Å². The molecule has 0 fully saturated rings. The fourth-order valence-electron chi connectivity index (χ4n) is 2.15. The molecule has 0 aliphatic heterocycles. The van der Waals surface area contributed by atoms with Crippen molar-refractivity contribution in [1.29, 1.82) is 0 Å². The Balaban J connectivity index is 2.02. The minimum Gasteiger partial charge on any atom is -0.390 e. The summed E-state index contributed by atoms with van der Waals surface area (Å²) in [6.45, 7) is 3.54. The normalized spacial score (nSPS) is 10.6. The van der Waals surface area contributed by atoms with Gasteiger partial charge in [0.25, 0.3) is 0 Å². The van der Waals surface area contributed by atoms with Gasteiger partial charge in [-0.2, -0.15) is 0 Å². The summed E-state index contributed by atoms with van der Waals surface area (Å²) in [5.41, 5.74) is 8.51. The van der Waals surface area contributed by atoms with E-state index in [9.17, 15) is 14.7 Å². The number of imidazole rings is 1. The van der Waals surface area contributed by atoms with Crippen molar-refractivity contribution in [2.45, 2.75) is 32.2 Å². The van der Waals surface area contributed by atoms with Gasteiger partial charge in [0.1, 0.15) is 6.54 Å². The number of nitrogens with two attached hydrogens (primary N) is 1. The van der Waals surface area contributed by atoms with E-state index in [0.717, 1.165) is 16.8 Å². The van der Waals surface area contributed by atoms with Crippen molar-refractivity contribution in [2.24, 2.45) is 5.73 Å². The first kappa shape index (κ1) is 18.0. The summed E-state index contributed by atoms with van der Waals surface area (Å²) in [4.78, 5) is 27.4. The lowest BCUT2D eigenvalue weighted by molar-refractivity contribution is -0.118. The average Bonchev–Trinajstić information content (AvgIpc) is 2.90. The number of rotatable bonds is 7. The van der Waals surface area contributed by atoms with Crippen LogP contribution in [-0.4, -0.2) is 32.2 Å². The van der Waals surface area contributed by atoms with Crippen LogP contribution in [0, 0.1) is 13.8 Å². The zero-order chi connectivity index (χ0) is 17.7. The van der Waals surface area contributed by atoms with Crippen LogP contribution >= 0.6 is 11.8 Å². The van der Waals surface area contributed by atoms with Crippen LogP contribution in [0.15, 0.2) is 29.6 Å². The Hall–Kier alpha value is -2.32. The third-order valence-electron chi connectivity index (χ3n) is 3.38. The third-order valence-corrected chi connectivity index (χ3v) is 4.37. The van der Waals surface area contributed by atoms with Crippen LogP contribution < -0.4 is 11.1 Å². The predicted molar refractivity (Wildman–Crippen MR) is 92.6 cm³/mol. The second kappa shape index (κ2) is 7.98. The lowest BCUT2D eigenvalue weighted by Crippen LogP contribution is -2.21. The summed E-state index contributed by atoms with van der Waals surface area (Å²) >= 11 is 1.18. The van der Waals surface area contributed by atoms with Crippen LogP contribution in [0.25, 0.3) is 0 Å². The summed E-state index contributed by atoms with van der Waals surface area (Å²) in [6.07, 6.45) is 1.47. The maximum atomic E-state index is 12.1. The van der Waals surface area contributed by atoms with Crippen LogP contribution in [0.1, 0.15) is 16.8 Å². The number of aliphatic hydroxyl groups excluding tert-OH is 1. The molecule has 0 spiro atoms. The van der Waals surface area contributed by atoms with Gasteiger partial charge < -0.3 is 20.7 Å². The summed E-state index contributed by atoms with van der Waals surface area (Å²) in [6, 6.07) is 5.85. The quantitative estimate of drug-likeness (QED) is 0.652. The largest absolute Gasteiger partial charge is 0.390 e. The maximum Gasteiger partial charge on any atom is 0.237 e. The highest BCUT2D eigenvalue weighted by Crippen LogP contribution is 2.20. The van der Waals surface area contributed by atoms with Gasteiger partial charge in [-0.3, -0.25) is 9.59 Å². The molecule has 2 aromatic rings. The van der Waals surface area contributed by atoms with Crippen LogP contribution in [0.3, 0.4) is 0 Å². The van der Waals surface area contributed by atoms with E-state index >= 15 is 0 Å². The summed E-state index contributed by atoms with van der Waals surface area (Å²) in [5.74, 6) is -0.578. The fraction of sp³-hybridized carbons (Fsp3) is 0.312. The van der Waals surface area contributed by atoms with E-state index in [-0.39, 0.29) is 24.8 Å². The highest BCUT2D eigenvalue weighted by atomic mass is 32.2. The molecular weight excluding hydrogens is 328 g/mol. The van der Waals surface area contributed by atoms with E-state index in [2.05, 4.69) is 10.3 Å². The molecule has 1 aromatic carbocycles. The van der Waals surface area contributed by atoms with E-state index < -0.39 is 5.91 Å². The molecule has 1 heterocycles. The lowest BCUT2D eigenvalue weighted by Gasteiger charge is -2.10. The highest BCUT2D eigenvalue weighted by Gasteiger charge is 2.14. The number of hydrogen-bond acceptors (Lipinski definition) is 5. The number of aliphatic hydroxyl groups is 1. The first-order valence-electron chi connectivity index (χ1n) is 7.34. The maximum absolute atomic E-state index is 12.1. The number of benzene rings is 1. The Morgan fingerprint density at radius 3 is 2.79 bits per heavy atom. The molecule has 7 nitrogen and oxygen atoms in total. The minimum atomic E-state index is -0.538. The van der Waals surface area contributed by atoms with Crippen molar-refractivity contribution in [1.82, 2.24) is 9.55 Å². The molecule has 0 saturated heterocycles. The molecule has 8 heteroatoms. The van der Waals surface area contributed by atoms with Gasteiger partial charge in [-0.05, 0) is 31.0 Å². The van der Waals surface area contributed by atoms with Crippen LogP contribution in [-0.2, 0) is 22.7 Å². The van der Waals surface area contributed by atoms with Crippen LogP contribution in [0.2, 0.25) is 0 Å². The number of nitrogens with zero attached hydrogens (tertiary/aromatic N) is 2. The highest BCUT2D eigenvalue weighted by molar-refractivity contribution is 7.99. The number of aromatic nitrogens is 2. The molecule has 2 rings (SSSR count). The molecule has 1 aromatic heterocycles. The number of carbonyl (C=O) groups excluding carboxylic acids is 2.